The van der Waals surface area contributed by atoms with Gasteiger partial charge in [-0.05, 0) is 0 Å². The number of nitrogens with zero attached hydrogens (tertiary/aromatic N) is 3. The minimum absolute atomic E-state index is 0.367. The second-order valence-electron chi connectivity index (χ2n) is 6.75. The van der Waals surface area contributed by atoms with E-state index in [1.165, 1.54) is 0 Å². The second kappa shape index (κ2) is 8.41. The van der Waals surface area contributed by atoms with Gasteiger partial charge in [0.25, 0.3) is 17.0 Å². The van der Waals surface area contributed by atoms with Gasteiger partial charge in [-0.15, -0.1) is 0 Å². The van der Waals surface area contributed by atoms with Crippen LogP contribution in [0.3, 0.4) is 0 Å². The number of hydrogen-bond donors (Lipinski definition) is 7. The Bertz CT molecular complexity index is 1310. The maximum Gasteiger partial charge on any atom is 0.490 e. The smallest absolute Gasteiger partial charge is 0.369 e. The van der Waals surface area contributed by atoms with Crippen LogP contribution in [-0.2, 0) is 31.6 Å². The number of aromatic nitrogens is 4. The molecule has 3 heterocycles. The molecule has 0 bridgehead atoms. The SMILES string of the molecule is [CH2+]C1(O)C(n2cnc3c(=O)[nH]c(N)nc32)OC(F)(COP(=O)(O)OP(=O)(O)OP(=O)(O)O)C1F. The summed E-state index contributed by atoms with van der Waals surface area (Å²) in [5.41, 5.74) is 0.812. The molecule has 0 radical (unpaired) electrons. The lowest BCUT2D eigenvalue weighted by Crippen LogP contribution is -2.46. The molecule has 2 aromatic heterocycles. The molecule has 0 spiro atoms. The molecule has 1 fully saturated rings. The van der Waals surface area contributed by atoms with Crippen LogP contribution in [0.25, 0.3) is 11.2 Å². The Morgan fingerprint density at radius 2 is 1.88 bits per heavy atom. The molecule has 0 aromatic carbocycles. The highest BCUT2D eigenvalue weighted by molar-refractivity contribution is 7.66. The first-order valence-electron chi connectivity index (χ1n) is 8.35. The van der Waals surface area contributed by atoms with Crippen LogP contribution in [0.5, 0.6) is 0 Å². The standard InChI is InChI=1S/C11H14F2N5O13P3/c1-10(20)7(12)11(13,2-28-33(24,25)31-34(26,27)30-32(21,22)23)29-8(10)18-3-15-4-5(18)16-9(14)17-6(4)19/h3,7-8,20H,1-2H2,(H6-,14,16,17,19,21,22,23,24,25,26,27)/p+1. The number of rotatable bonds is 8. The number of phosphoric ester groups is 1. The highest BCUT2D eigenvalue weighted by Gasteiger charge is 2.70. The van der Waals surface area contributed by atoms with E-state index in [1.807, 2.05) is 0 Å². The number of fused-ring (bicyclic) bond motifs is 1. The van der Waals surface area contributed by atoms with Crippen LogP contribution in [0, 0.1) is 6.92 Å². The molecule has 6 unspecified atom stereocenters. The summed E-state index contributed by atoms with van der Waals surface area (Å²) in [7, 11) is -17.5. The van der Waals surface area contributed by atoms with Gasteiger partial charge in [-0.3, -0.25) is 18.9 Å². The van der Waals surface area contributed by atoms with Crippen LogP contribution in [0.1, 0.15) is 6.23 Å². The van der Waals surface area contributed by atoms with Gasteiger partial charge in [-0.2, -0.15) is 13.6 Å². The van der Waals surface area contributed by atoms with Crippen molar-refractivity contribution in [1.82, 2.24) is 19.5 Å². The van der Waals surface area contributed by atoms with Crippen LogP contribution in [-0.4, -0.2) is 68.4 Å². The third-order valence-corrected chi connectivity index (χ3v) is 7.88. The number of hydrogen-bond acceptors (Lipinski definition) is 12. The third kappa shape index (κ3) is 5.38. The molecule has 34 heavy (non-hydrogen) atoms. The maximum atomic E-state index is 15.2. The molecule has 3 rings (SSSR count). The van der Waals surface area contributed by atoms with E-state index in [2.05, 4.69) is 35.0 Å². The summed E-state index contributed by atoms with van der Waals surface area (Å²) in [5, 5.41) is 10.4. The molecular weight excluding hydrogens is 541 g/mol. The van der Waals surface area contributed by atoms with Gasteiger partial charge < -0.3 is 35.2 Å². The number of imidazole rings is 1. The molecule has 0 aliphatic carbocycles. The molecule has 1 saturated heterocycles. The molecule has 8 N–H and O–H groups in total. The largest absolute Gasteiger partial charge is 0.490 e. The van der Waals surface area contributed by atoms with Crippen LogP contribution >= 0.6 is 23.5 Å². The Morgan fingerprint density at radius 1 is 1.26 bits per heavy atom. The van der Waals surface area contributed by atoms with Crippen molar-refractivity contribution in [1.29, 1.82) is 0 Å². The zero-order chi connectivity index (χ0) is 25.9. The fourth-order valence-corrected chi connectivity index (χ4v) is 5.87. The van der Waals surface area contributed by atoms with Gasteiger partial charge >= 0.3 is 23.5 Å². The molecule has 190 valence electrons. The zero-order valence-corrected chi connectivity index (χ0v) is 18.8. The van der Waals surface area contributed by atoms with Crippen molar-refractivity contribution in [2.75, 3.05) is 12.3 Å². The summed E-state index contributed by atoms with van der Waals surface area (Å²) in [6.45, 7) is 1.20. The van der Waals surface area contributed by atoms with Crippen molar-refractivity contribution >= 4 is 40.6 Å². The number of ether oxygens (including phenoxy) is 1. The average molecular weight is 556 g/mol. The van der Waals surface area contributed by atoms with Gasteiger partial charge in [-0.1, -0.05) is 0 Å². The monoisotopic (exact) mass is 556 g/mol. The van der Waals surface area contributed by atoms with Crippen LogP contribution in [0.15, 0.2) is 11.1 Å². The molecule has 2 aromatic rings. The normalized spacial score (nSPS) is 31.4. The van der Waals surface area contributed by atoms with Crippen molar-refractivity contribution in [3.8, 4) is 0 Å². The summed E-state index contributed by atoms with van der Waals surface area (Å²) in [5.74, 6) is -4.21. The lowest BCUT2D eigenvalue weighted by molar-refractivity contribution is -0.193. The number of phosphoric acid groups is 3. The highest BCUT2D eigenvalue weighted by atomic mass is 31.3. The summed E-state index contributed by atoms with van der Waals surface area (Å²) < 4.78 is 80.1. The fourth-order valence-electron chi connectivity index (χ4n) is 2.84. The van der Waals surface area contributed by atoms with E-state index in [9.17, 15) is 32.9 Å². The van der Waals surface area contributed by atoms with Crippen molar-refractivity contribution in [2.45, 2.75) is 23.9 Å². The molecule has 6 atom stereocenters. The number of aromatic amines is 1. The second-order valence-corrected chi connectivity index (χ2v) is 11.2. The van der Waals surface area contributed by atoms with Gasteiger partial charge in [0, 0.05) is 0 Å². The first kappa shape index (κ1) is 26.8. The Labute approximate surface area is 185 Å². The number of nitrogen functional groups attached to an aromatic ring is 1. The Morgan fingerprint density at radius 3 is 2.47 bits per heavy atom. The maximum absolute atomic E-state index is 15.2. The molecule has 18 nitrogen and oxygen atoms in total. The molecule has 23 heteroatoms. The minimum atomic E-state index is -5.93. The summed E-state index contributed by atoms with van der Waals surface area (Å²) in [6, 6.07) is 0. The lowest BCUT2D eigenvalue weighted by Gasteiger charge is -2.23. The van der Waals surface area contributed by atoms with E-state index in [-0.39, 0.29) is 5.52 Å². The van der Waals surface area contributed by atoms with Crippen LogP contribution in [0.4, 0.5) is 14.7 Å². The summed E-state index contributed by atoms with van der Waals surface area (Å²) in [6.07, 6.45) is -4.45. The van der Waals surface area contributed by atoms with E-state index in [4.69, 9.17) is 25.2 Å². The lowest BCUT2D eigenvalue weighted by atomic mass is 9.97. The van der Waals surface area contributed by atoms with E-state index in [0.717, 1.165) is 6.33 Å². The van der Waals surface area contributed by atoms with Crippen molar-refractivity contribution in [2.24, 2.45) is 0 Å². The van der Waals surface area contributed by atoms with Gasteiger partial charge in [0.1, 0.15) is 13.5 Å². The number of alkyl halides is 2. The number of halogens is 2. The Hall–Kier alpha value is -1.79. The first-order valence-corrected chi connectivity index (χ1v) is 12.9. The van der Waals surface area contributed by atoms with E-state index in [1.54, 1.807) is 0 Å². The summed E-state index contributed by atoms with van der Waals surface area (Å²) in [4.78, 5) is 56.8. The quantitative estimate of drug-likeness (QED) is 0.154. The van der Waals surface area contributed by atoms with Crippen LogP contribution < -0.4 is 11.3 Å². The Kier molecular flexibility index (Phi) is 6.63. The predicted octanol–water partition coefficient (Wildman–Crippen LogP) is -0.857. The zero-order valence-electron chi connectivity index (χ0n) is 16.2. The van der Waals surface area contributed by atoms with E-state index in [0.29, 0.717) is 4.57 Å². The van der Waals surface area contributed by atoms with Crippen molar-refractivity contribution < 1.29 is 65.0 Å². The van der Waals surface area contributed by atoms with E-state index >= 15 is 4.39 Å². The third-order valence-electron chi connectivity index (χ3n) is 4.10. The molecular formula is C11H15F2N5O13P3+. The van der Waals surface area contributed by atoms with Gasteiger partial charge in [0.15, 0.2) is 11.2 Å². The van der Waals surface area contributed by atoms with Gasteiger partial charge in [-0.25, -0.2) is 27.5 Å². The summed E-state index contributed by atoms with van der Waals surface area (Å²) >= 11 is 0. The van der Waals surface area contributed by atoms with Gasteiger partial charge in [0.2, 0.25) is 18.3 Å². The molecule has 0 amide bonds. The predicted molar refractivity (Wildman–Crippen MR) is 102 cm³/mol. The number of nitrogens with two attached hydrogens (primary N) is 1. The minimum Gasteiger partial charge on any atom is -0.369 e. The van der Waals surface area contributed by atoms with E-state index < -0.39 is 71.1 Å². The average Bonchev–Trinajstić information content (AvgIpc) is 3.11. The number of anilines is 1. The Balaban J connectivity index is 1.84. The first-order chi connectivity index (χ1) is 15.3. The molecule has 0 saturated carbocycles. The van der Waals surface area contributed by atoms with Crippen LogP contribution in [0.2, 0.25) is 0 Å². The molecule has 1 aliphatic heterocycles. The number of aliphatic hydroxyl groups is 1. The number of H-pyrrole nitrogens is 1. The highest BCUT2D eigenvalue weighted by Crippen LogP contribution is 2.66. The fraction of sp³-hybridized carbons (Fsp3) is 0.455. The molecule has 1 aliphatic rings. The topological polar surface area (TPSA) is 279 Å². The van der Waals surface area contributed by atoms with Gasteiger partial charge in [0.05, 0.1) is 6.33 Å². The van der Waals surface area contributed by atoms with Crippen molar-refractivity contribution in [3.05, 3.63) is 23.6 Å². The number of nitrogens with one attached hydrogen (secondary N) is 1. The van der Waals surface area contributed by atoms with Crippen molar-refractivity contribution in [3.63, 3.8) is 0 Å².